The molecular weight excluding hydrogens is 424 g/mol. The fourth-order valence-corrected chi connectivity index (χ4v) is 3.73. The van der Waals surface area contributed by atoms with Gasteiger partial charge in [-0.15, -0.1) is 0 Å². The number of aromatic hydroxyl groups is 1. The number of rotatable bonds is 7. The van der Waals surface area contributed by atoms with Gasteiger partial charge < -0.3 is 5.11 Å². The van der Waals surface area contributed by atoms with Gasteiger partial charge in [0.05, 0.1) is 0 Å². The first-order valence-corrected chi connectivity index (χ1v) is 11.7. The molecule has 0 amide bonds. The quantitative estimate of drug-likeness (QED) is 0.176. The summed E-state index contributed by atoms with van der Waals surface area (Å²) in [7, 11) is 0. The van der Waals surface area contributed by atoms with Crippen LogP contribution in [0.15, 0.2) is 60.7 Å². The molecule has 0 unspecified atom stereocenters. The number of ketones is 1. The van der Waals surface area contributed by atoms with Crippen molar-refractivity contribution in [1.29, 1.82) is 0 Å². The van der Waals surface area contributed by atoms with Crippen LogP contribution in [0.1, 0.15) is 85.3 Å². The molecule has 0 aliphatic carbocycles. The van der Waals surface area contributed by atoms with Crippen molar-refractivity contribution in [2.45, 2.75) is 72.5 Å². The molecule has 0 saturated carbocycles. The first kappa shape index (κ1) is 25.7. The summed E-state index contributed by atoms with van der Waals surface area (Å²) >= 11 is 0. The lowest BCUT2D eigenvalue weighted by Gasteiger charge is -2.28. The summed E-state index contributed by atoms with van der Waals surface area (Å²) < 4.78 is 0. The molecule has 0 heterocycles. The molecule has 34 heavy (non-hydrogen) atoms. The van der Waals surface area contributed by atoms with Gasteiger partial charge in [0, 0.05) is 22.3 Å². The number of phenols is 1. The molecule has 0 spiro atoms. The van der Waals surface area contributed by atoms with Crippen molar-refractivity contribution in [3.8, 4) is 5.75 Å². The van der Waals surface area contributed by atoms with Gasteiger partial charge in [-0.1, -0.05) is 95.6 Å². The van der Waals surface area contributed by atoms with Crippen LogP contribution in [-0.4, -0.2) is 10.9 Å². The predicted molar refractivity (Wildman–Crippen MR) is 136 cm³/mol. The van der Waals surface area contributed by atoms with E-state index in [4.69, 9.17) is 9.78 Å². The molecule has 0 aliphatic heterocycles. The van der Waals surface area contributed by atoms with E-state index in [-0.39, 0.29) is 22.4 Å². The van der Waals surface area contributed by atoms with E-state index in [9.17, 15) is 9.90 Å². The molecule has 3 aromatic rings. The molecule has 0 saturated heterocycles. The van der Waals surface area contributed by atoms with Crippen molar-refractivity contribution in [2.24, 2.45) is 0 Å². The fourth-order valence-electron chi connectivity index (χ4n) is 3.73. The summed E-state index contributed by atoms with van der Waals surface area (Å²) in [6, 6.07) is 19.1. The molecule has 0 aromatic heterocycles. The highest BCUT2D eigenvalue weighted by molar-refractivity contribution is 6.09. The Morgan fingerprint density at radius 1 is 0.706 bits per heavy atom. The van der Waals surface area contributed by atoms with Crippen molar-refractivity contribution >= 4 is 5.78 Å². The lowest BCUT2D eigenvalue weighted by molar-refractivity contribution is -0.313. The van der Waals surface area contributed by atoms with Gasteiger partial charge in [0.1, 0.15) is 19.0 Å². The summed E-state index contributed by atoms with van der Waals surface area (Å²) in [6.07, 6.45) is 0. The van der Waals surface area contributed by atoms with Crippen molar-refractivity contribution in [1.82, 2.24) is 0 Å². The van der Waals surface area contributed by atoms with E-state index in [0.717, 1.165) is 22.3 Å². The number of benzene rings is 3. The van der Waals surface area contributed by atoms with Crippen LogP contribution in [0.5, 0.6) is 5.75 Å². The van der Waals surface area contributed by atoms with Gasteiger partial charge in [-0.25, -0.2) is 9.78 Å². The minimum atomic E-state index is -0.292. The molecule has 4 heteroatoms. The molecule has 0 bridgehead atoms. The van der Waals surface area contributed by atoms with Gasteiger partial charge >= 0.3 is 0 Å². The third-order valence-corrected chi connectivity index (χ3v) is 5.86. The Labute approximate surface area is 203 Å². The molecule has 4 nitrogen and oxygen atoms in total. The highest BCUT2D eigenvalue weighted by Gasteiger charge is 2.28. The number of aryl methyl sites for hydroxylation is 1. The second kappa shape index (κ2) is 10.1. The standard InChI is InChI=1S/C30H36O4/c1-20-8-10-21(11-9-20)18-33-34-19-22-12-14-23(15-13-22)27(31)24-16-25(29(2,3)4)28(32)26(17-24)30(5,6)7/h8-17,32H,18-19H2,1-7H3. The van der Waals surface area contributed by atoms with E-state index in [1.165, 1.54) is 5.56 Å². The number of hydrogen-bond acceptors (Lipinski definition) is 4. The SMILES string of the molecule is Cc1ccc(COOCc2ccc(C(=O)c3cc(C(C)(C)C)c(O)c(C(C)(C)C)c3)cc2)cc1. The Bertz CT molecular complexity index is 1090. The van der Waals surface area contributed by atoms with Crippen LogP contribution < -0.4 is 0 Å². The lowest BCUT2D eigenvalue weighted by Crippen LogP contribution is -2.19. The Hall–Kier alpha value is -2.95. The zero-order valence-corrected chi connectivity index (χ0v) is 21.4. The first-order valence-electron chi connectivity index (χ1n) is 11.7. The zero-order valence-electron chi connectivity index (χ0n) is 21.4. The van der Waals surface area contributed by atoms with Crippen LogP contribution in [0, 0.1) is 6.92 Å². The van der Waals surface area contributed by atoms with Crippen LogP contribution in [0.3, 0.4) is 0 Å². The fraction of sp³-hybridized carbons (Fsp3) is 0.367. The molecular formula is C30H36O4. The van der Waals surface area contributed by atoms with Gasteiger partial charge in [-0.05, 0) is 41.0 Å². The number of hydrogen-bond donors (Lipinski definition) is 1. The van der Waals surface area contributed by atoms with Gasteiger partial charge in [-0.2, -0.15) is 0 Å². The van der Waals surface area contributed by atoms with Crippen molar-refractivity contribution in [3.63, 3.8) is 0 Å². The Balaban J connectivity index is 1.72. The van der Waals surface area contributed by atoms with Crippen molar-refractivity contribution in [3.05, 3.63) is 99.6 Å². The topological polar surface area (TPSA) is 55.8 Å². The minimum absolute atomic E-state index is 0.0703. The molecule has 0 atom stereocenters. The van der Waals surface area contributed by atoms with Crippen molar-refractivity contribution < 1.29 is 19.7 Å². The highest BCUT2D eigenvalue weighted by atomic mass is 17.2. The Morgan fingerprint density at radius 3 is 1.53 bits per heavy atom. The Kier molecular flexibility index (Phi) is 7.64. The van der Waals surface area contributed by atoms with Crippen molar-refractivity contribution in [2.75, 3.05) is 0 Å². The summed E-state index contributed by atoms with van der Waals surface area (Å²) in [5.41, 5.74) is 5.31. The monoisotopic (exact) mass is 460 g/mol. The second-order valence-corrected chi connectivity index (χ2v) is 11.0. The lowest BCUT2D eigenvalue weighted by atomic mass is 9.77. The van der Waals surface area contributed by atoms with E-state index in [2.05, 4.69) is 0 Å². The van der Waals surface area contributed by atoms with Crippen LogP contribution in [0.2, 0.25) is 0 Å². The number of carbonyl (C=O) groups is 1. The molecule has 0 radical (unpaired) electrons. The largest absolute Gasteiger partial charge is 0.507 e. The van der Waals surface area contributed by atoms with Gasteiger partial charge in [0.25, 0.3) is 0 Å². The van der Waals surface area contributed by atoms with Crippen LogP contribution >= 0.6 is 0 Å². The minimum Gasteiger partial charge on any atom is -0.507 e. The maximum atomic E-state index is 13.3. The number of phenolic OH excluding ortho intramolecular Hbond substituents is 1. The maximum Gasteiger partial charge on any atom is 0.193 e. The van der Waals surface area contributed by atoms with E-state index >= 15 is 0 Å². The average Bonchev–Trinajstić information content (AvgIpc) is 2.76. The van der Waals surface area contributed by atoms with E-state index in [1.54, 1.807) is 12.1 Å². The Morgan fingerprint density at radius 2 is 1.12 bits per heavy atom. The normalized spacial score (nSPS) is 12.1. The molecule has 180 valence electrons. The smallest absolute Gasteiger partial charge is 0.193 e. The van der Waals surface area contributed by atoms with Gasteiger partial charge in [0.2, 0.25) is 0 Å². The predicted octanol–water partition coefficient (Wildman–Crippen LogP) is 7.18. The summed E-state index contributed by atoms with van der Waals surface area (Å²) in [5.74, 6) is 0.203. The van der Waals surface area contributed by atoms with E-state index in [0.29, 0.717) is 24.3 Å². The molecule has 3 aromatic carbocycles. The third kappa shape index (κ3) is 6.34. The molecule has 0 aliphatic rings. The summed E-state index contributed by atoms with van der Waals surface area (Å²) in [6.45, 7) is 15.0. The van der Waals surface area contributed by atoms with Gasteiger partial charge in [0.15, 0.2) is 5.78 Å². The summed E-state index contributed by atoms with van der Waals surface area (Å²) in [5, 5.41) is 10.9. The van der Waals surface area contributed by atoms with E-state index in [1.807, 2.05) is 97.0 Å². The second-order valence-electron chi connectivity index (χ2n) is 11.0. The molecule has 0 fully saturated rings. The zero-order chi connectivity index (χ0) is 25.1. The molecule has 3 rings (SSSR count). The third-order valence-electron chi connectivity index (χ3n) is 5.86. The number of carbonyl (C=O) groups excluding carboxylic acids is 1. The van der Waals surface area contributed by atoms with Crippen LogP contribution in [0.4, 0.5) is 0 Å². The summed E-state index contributed by atoms with van der Waals surface area (Å²) in [4.78, 5) is 24.0. The van der Waals surface area contributed by atoms with E-state index < -0.39 is 0 Å². The van der Waals surface area contributed by atoms with Crippen LogP contribution in [0.25, 0.3) is 0 Å². The average molecular weight is 461 g/mol. The van der Waals surface area contributed by atoms with Crippen LogP contribution in [-0.2, 0) is 33.8 Å². The maximum absolute atomic E-state index is 13.3. The van der Waals surface area contributed by atoms with Gasteiger partial charge in [-0.3, -0.25) is 4.79 Å². The molecule has 1 N–H and O–H groups in total. The highest BCUT2D eigenvalue weighted by Crippen LogP contribution is 2.40. The first-order chi connectivity index (χ1) is 15.9.